The number of carbonyl (C=O) groups is 2. The van der Waals surface area contributed by atoms with Gasteiger partial charge < -0.3 is 10.2 Å². The zero-order valence-electron chi connectivity index (χ0n) is 21.8. The van der Waals surface area contributed by atoms with Crippen LogP contribution in [0, 0.1) is 29.1 Å². The topological polar surface area (TPSA) is 65.5 Å². The monoisotopic (exact) mass is 488 g/mol. The molecule has 5 fully saturated rings. The lowest BCUT2D eigenvalue weighted by molar-refractivity contribution is -0.151. The van der Waals surface area contributed by atoms with Crippen LogP contribution < -0.4 is 5.32 Å². The molecule has 5 aliphatic rings. The minimum absolute atomic E-state index is 0.0788. The number of rotatable bonds is 6. The third-order valence-electron chi connectivity index (χ3n) is 9.53. The van der Waals surface area contributed by atoms with Crippen LogP contribution in [-0.4, -0.2) is 58.8 Å². The quantitative estimate of drug-likeness (QED) is 0.661. The number of hydrogen-bond donors (Lipinski definition) is 1. The maximum atomic E-state index is 13.7. The molecular weight excluding hydrogens is 448 g/mol. The Morgan fingerprint density at radius 2 is 1.61 bits per heavy atom. The first-order chi connectivity index (χ1) is 17.4. The Morgan fingerprint density at radius 3 is 2.25 bits per heavy atom. The summed E-state index contributed by atoms with van der Waals surface area (Å²) >= 11 is 0. The summed E-state index contributed by atoms with van der Waals surface area (Å²) in [5, 5.41) is 4.45. The fraction of sp³-hybridized carbons (Fsp3) is 0.633. The highest BCUT2D eigenvalue weighted by Gasteiger charge is 2.55. The van der Waals surface area contributed by atoms with Crippen molar-refractivity contribution in [1.82, 2.24) is 20.1 Å². The van der Waals surface area contributed by atoms with Crippen molar-refractivity contribution in [3.05, 3.63) is 42.1 Å². The molecule has 1 aromatic heterocycles. The predicted molar refractivity (Wildman–Crippen MR) is 141 cm³/mol. The number of hydrogen-bond acceptors (Lipinski definition) is 4. The Kier molecular flexibility index (Phi) is 6.27. The summed E-state index contributed by atoms with van der Waals surface area (Å²) in [4.78, 5) is 36.3. The molecule has 192 valence electrons. The van der Waals surface area contributed by atoms with E-state index in [9.17, 15) is 9.59 Å². The SMILES string of the molecule is CC(C)[C@H](NC(=O)C12CC3CC(CC(C3)C1)C2)C(=O)N1CCN(Cc2cccc3cccnc23)CC1. The van der Waals surface area contributed by atoms with E-state index in [-0.39, 0.29) is 23.1 Å². The standard InChI is InChI=1S/C30H40N4O2/c1-20(2)26(32-29(36)30-16-21-13-22(17-30)15-23(14-21)18-30)28(35)34-11-9-33(10-12-34)19-25-6-3-5-24-7-4-8-31-27(24)25/h3-8,20-23,26H,9-19H2,1-2H3,(H,32,36)/t21?,22?,23?,26-,30?/m0/s1. The molecule has 0 unspecified atom stereocenters. The van der Waals surface area contributed by atoms with Gasteiger partial charge in [0, 0.05) is 49.7 Å². The summed E-state index contributed by atoms with van der Waals surface area (Å²) < 4.78 is 0. The van der Waals surface area contributed by atoms with E-state index < -0.39 is 6.04 Å². The molecule has 1 N–H and O–H groups in total. The van der Waals surface area contributed by atoms with Gasteiger partial charge in [-0.2, -0.15) is 0 Å². The number of benzene rings is 1. The number of para-hydroxylation sites is 1. The van der Waals surface area contributed by atoms with Crippen molar-refractivity contribution in [2.75, 3.05) is 26.2 Å². The van der Waals surface area contributed by atoms with Gasteiger partial charge in [-0.15, -0.1) is 0 Å². The van der Waals surface area contributed by atoms with E-state index in [1.807, 2.05) is 17.2 Å². The number of nitrogens with one attached hydrogen (secondary N) is 1. The maximum Gasteiger partial charge on any atom is 0.245 e. The van der Waals surface area contributed by atoms with Gasteiger partial charge in [0.2, 0.25) is 11.8 Å². The number of piperazine rings is 1. The summed E-state index contributed by atoms with van der Waals surface area (Å²) in [7, 11) is 0. The molecule has 2 amide bonds. The van der Waals surface area contributed by atoms with Gasteiger partial charge in [0.1, 0.15) is 6.04 Å². The van der Waals surface area contributed by atoms with Gasteiger partial charge in [0.15, 0.2) is 0 Å². The highest BCUT2D eigenvalue weighted by molar-refractivity contribution is 5.90. The van der Waals surface area contributed by atoms with Crippen molar-refractivity contribution in [3.63, 3.8) is 0 Å². The molecule has 1 aromatic carbocycles. The average Bonchev–Trinajstić information content (AvgIpc) is 2.86. The number of nitrogens with zero attached hydrogens (tertiary/aromatic N) is 3. The maximum absolute atomic E-state index is 13.7. The van der Waals surface area contributed by atoms with Crippen molar-refractivity contribution in [1.29, 1.82) is 0 Å². The summed E-state index contributed by atoms with van der Waals surface area (Å²) in [5.41, 5.74) is 2.08. The number of carbonyl (C=O) groups excluding carboxylic acids is 2. The molecule has 6 nitrogen and oxygen atoms in total. The van der Waals surface area contributed by atoms with Crippen molar-refractivity contribution in [2.24, 2.45) is 29.1 Å². The first-order valence-corrected chi connectivity index (χ1v) is 14.0. The normalized spacial score (nSPS) is 30.6. The number of pyridine rings is 1. The average molecular weight is 489 g/mol. The molecule has 1 atom stereocenters. The van der Waals surface area contributed by atoms with Crippen LogP contribution in [0.1, 0.15) is 57.9 Å². The van der Waals surface area contributed by atoms with Crippen LogP contribution in [0.2, 0.25) is 0 Å². The molecule has 0 spiro atoms. The second-order valence-electron chi connectivity index (χ2n) is 12.5. The van der Waals surface area contributed by atoms with Crippen LogP contribution in [0.25, 0.3) is 10.9 Å². The fourth-order valence-electron chi connectivity index (χ4n) is 8.06. The predicted octanol–water partition coefficient (Wildman–Crippen LogP) is 4.24. The smallest absolute Gasteiger partial charge is 0.245 e. The minimum Gasteiger partial charge on any atom is -0.344 e. The molecule has 4 bridgehead atoms. The van der Waals surface area contributed by atoms with Crippen molar-refractivity contribution < 1.29 is 9.59 Å². The third-order valence-corrected chi connectivity index (χ3v) is 9.53. The van der Waals surface area contributed by atoms with Crippen LogP contribution in [0.3, 0.4) is 0 Å². The molecular formula is C30H40N4O2. The van der Waals surface area contributed by atoms with Gasteiger partial charge in [-0.1, -0.05) is 38.1 Å². The molecule has 6 heteroatoms. The van der Waals surface area contributed by atoms with E-state index >= 15 is 0 Å². The Balaban J connectivity index is 1.08. The van der Waals surface area contributed by atoms with E-state index in [1.54, 1.807) is 0 Å². The largest absolute Gasteiger partial charge is 0.344 e. The molecule has 4 saturated carbocycles. The molecule has 1 aliphatic heterocycles. The lowest BCUT2D eigenvalue weighted by Gasteiger charge is -2.56. The van der Waals surface area contributed by atoms with E-state index in [4.69, 9.17) is 0 Å². The van der Waals surface area contributed by atoms with Crippen molar-refractivity contribution in [2.45, 2.75) is 65.0 Å². The summed E-state index contributed by atoms with van der Waals surface area (Å²) in [5.74, 6) is 2.50. The first kappa shape index (κ1) is 23.9. The van der Waals surface area contributed by atoms with E-state index in [2.05, 4.69) is 53.3 Å². The Morgan fingerprint density at radius 1 is 0.972 bits per heavy atom. The lowest BCUT2D eigenvalue weighted by atomic mass is 9.49. The molecule has 36 heavy (non-hydrogen) atoms. The van der Waals surface area contributed by atoms with E-state index in [0.29, 0.717) is 13.1 Å². The summed E-state index contributed by atoms with van der Waals surface area (Å²) in [6.45, 7) is 8.04. The zero-order chi connectivity index (χ0) is 24.9. The Hall–Kier alpha value is -2.47. The summed E-state index contributed by atoms with van der Waals surface area (Å²) in [6.07, 6.45) is 8.91. The third kappa shape index (κ3) is 4.42. The van der Waals surface area contributed by atoms with Gasteiger partial charge in [-0.25, -0.2) is 0 Å². The van der Waals surface area contributed by atoms with Gasteiger partial charge in [0.25, 0.3) is 0 Å². The van der Waals surface area contributed by atoms with Gasteiger partial charge >= 0.3 is 0 Å². The highest BCUT2D eigenvalue weighted by Crippen LogP contribution is 2.60. The van der Waals surface area contributed by atoms with Gasteiger partial charge in [-0.05, 0) is 73.8 Å². The van der Waals surface area contributed by atoms with Crippen LogP contribution in [0.5, 0.6) is 0 Å². The second-order valence-corrected chi connectivity index (χ2v) is 12.5. The van der Waals surface area contributed by atoms with Crippen molar-refractivity contribution >= 4 is 22.7 Å². The Bertz CT molecular complexity index is 1100. The van der Waals surface area contributed by atoms with Gasteiger partial charge in [-0.3, -0.25) is 19.5 Å². The highest BCUT2D eigenvalue weighted by atomic mass is 16.2. The van der Waals surface area contributed by atoms with E-state index in [1.165, 1.54) is 30.2 Å². The fourth-order valence-corrected chi connectivity index (χ4v) is 8.06. The minimum atomic E-state index is -0.431. The van der Waals surface area contributed by atoms with Crippen LogP contribution in [0.4, 0.5) is 0 Å². The molecule has 2 aromatic rings. The molecule has 1 saturated heterocycles. The van der Waals surface area contributed by atoms with Crippen LogP contribution in [-0.2, 0) is 16.1 Å². The molecule has 0 radical (unpaired) electrons. The lowest BCUT2D eigenvalue weighted by Crippen LogP contribution is -2.60. The van der Waals surface area contributed by atoms with Gasteiger partial charge in [0.05, 0.1) is 5.52 Å². The molecule has 2 heterocycles. The summed E-state index contributed by atoms with van der Waals surface area (Å²) in [6, 6.07) is 10.0. The number of fused-ring (bicyclic) bond motifs is 1. The number of amides is 2. The van der Waals surface area contributed by atoms with Crippen LogP contribution >= 0.6 is 0 Å². The Labute approximate surface area is 214 Å². The van der Waals surface area contributed by atoms with Crippen molar-refractivity contribution in [3.8, 4) is 0 Å². The first-order valence-electron chi connectivity index (χ1n) is 14.0. The number of aromatic nitrogens is 1. The second kappa shape index (κ2) is 9.44. The zero-order valence-corrected chi connectivity index (χ0v) is 21.8. The van der Waals surface area contributed by atoms with Crippen LogP contribution in [0.15, 0.2) is 36.5 Å². The molecule has 4 aliphatic carbocycles. The molecule has 7 rings (SSSR count). The van der Waals surface area contributed by atoms with E-state index in [0.717, 1.165) is 62.2 Å².